The first kappa shape index (κ1) is 23.0. The number of anilines is 1. The molecule has 2 atom stereocenters. The van der Waals surface area contributed by atoms with E-state index < -0.39 is 34.6 Å². The predicted molar refractivity (Wildman–Crippen MR) is 112 cm³/mol. The summed E-state index contributed by atoms with van der Waals surface area (Å²) in [7, 11) is -0.111. The van der Waals surface area contributed by atoms with Crippen molar-refractivity contribution >= 4 is 22.5 Å². The third-order valence-corrected chi connectivity index (χ3v) is 6.15. The lowest BCUT2D eigenvalue weighted by molar-refractivity contribution is -0.137. The van der Waals surface area contributed by atoms with Gasteiger partial charge >= 0.3 is 12.2 Å². The highest BCUT2D eigenvalue weighted by atomic mass is 32.2. The number of carbonyl (C=O) groups excluding carboxylic acids is 1. The van der Waals surface area contributed by atoms with Crippen LogP contribution < -0.4 is 4.90 Å². The van der Waals surface area contributed by atoms with Gasteiger partial charge in [-0.2, -0.15) is 23.7 Å². The average molecular weight is 458 g/mol. The Balaban J connectivity index is 2.21. The first-order valence-corrected chi connectivity index (χ1v) is 10.8. The third-order valence-electron chi connectivity index (χ3n) is 5.18. The van der Waals surface area contributed by atoms with E-state index in [2.05, 4.69) is 6.07 Å². The molecule has 0 radical (unpaired) electrons. The van der Waals surface area contributed by atoms with E-state index in [-0.39, 0.29) is 22.5 Å². The van der Waals surface area contributed by atoms with Gasteiger partial charge in [-0.05, 0) is 42.8 Å². The fourth-order valence-electron chi connectivity index (χ4n) is 3.63. The van der Waals surface area contributed by atoms with Gasteiger partial charge < -0.3 is 4.90 Å². The van der Waals surface area contributed by atoms with Crippen molar-refractivity contribution in [3.8, 4) is 12.1 Å². The van der Waals surface area contributed by atoms with Crippen LogP contribution in [-0.2, 0) is 17.0 Å². The van der Waals surface area contributed by atoms with Crippen LogP contribution in [0.25, 0.3) is 0 Å². The van der Waals surface area contributed by atoms with Crippen LogP contribution in [0.5, 0.6) is 0 Å². The van der Waals surface area contributed by atoms with Crippen molar-refractivity contribution in [3.63, 3.8) is 0 Å². The Kier molecular flexibility index (Phi) is 6.11. The monoisotopic (exact) mass is 458 g/mol. The number of alkyl halides is 3. The van der Waals surface area contributed by atoms with Crippen LogP contribution in [0.15, 0.2) is 58.6 Å². The van der Waals surface area contributed by atoms with Crippen LogP contribution in [0.1, 0.15) is 29.7 Å². The zero-order chi connectivity index (χ0) is 23.8. The fraction of sp³-hybridized carbons (Fsp3) is 0.227. The molecule has 164 valence electrons. The summed E-state index contributed by atoms with van der Waals surface area (Å²) in [4.78, 5) is 15.8. The van der Waals surface area contributed by atoms with Gasteiger partial charge in [0.15, 0.2) is 0 Å². The Morgan fingerprint density at radius 2 is 1.78 bits per heavy atom. The number of rotatable bonds is 3. The summed E-state index contributed by atoms with van der Waals surface area (Å²) >= 11 is 0. The molecule has 0 spiro atoms. The summed E-state index contributed by atoms with van der Waals surface area (Å²) in [5.41, 5.74) is 0.000919. The number of amides is 2. The molecule has 0 saturated carbocycles. The van der Waals surface area contributed by atoms with Crippen molar-refractivity contribution in [1.82, 2.24) is 4.90 Å². The van der Waals surface area contributed by atoms with Gasteiger partial charge in [-0.3, -0.25) is 9.11 Å². The smallest absolute Gasteiger partial charge is 0.315 e. The maximum atomic E-state index is 13.2. The highest BCUT2D eigenvalue weighted by molar-refractivity contribution is 7.84. The summed E-state index contributed by atoms with van der Waals surface area (Å²) in [6.45, 7) is 1.48. The first-order chi connectivity index (χ1) is 15.0. The van der Waals surface area contributed by atoms with E-state index in [1.165, 1.54) is 55.5 Å². The molecule has 3 rings (SSSR count). The number of urea groups is 1. The second-order valence-electron chi connectivity index (χ2n) is 7.11. The molecular formula is C22H17F3N4O2S. The molecule has 6 nitrogen and oxygen atoms in total. The maximum Gasteiger partial charge on any atom is 0.416 e. The highest BCUT2D eigenvalue weighted by Crippen LogP contribution is 2.41. The van der Waals surface area contributed by atoms with Crippen LogP contribution in [-0.4, -0.2) is 28.4 Å². The standard InChI is InChI=1S/C22H17F3N4O2S/c1-13-18(12-27)20(17-8-7-14(11-26)9-19(17)32(3)31)28(2)21(30)29(13)16-6-4-5-15(10-16)22(23,24)25/h4-10,20H,1-3H3. The number of hydrogen-bond donors (Lipinski definition) is 0. The Bertz CT molecular complexity index is 1240. The quantitative estimate of drug-likeness (QED) is 0.666. The summed E-state index contributed by atoms with van der Waals surface area (Å²) in [6, 6.07) is 11.2. The van der Waals surface area contributed by atoms with Gasteiger partial charge in [0.2, 0.25) is 0 Å². The van der Waals surface area contributed by atoms with Crippen molar-refractivity contribution in [2.24, 2.45) is 0 Å². The van der Waals surface area contributed by atoms with Crippen molar-refractivity contribution in [2.45, 2.75) is 24.0 Å². The van der Waals surface area contributed by atoms with Gasteiger partial charge in [0.05, 0.1) is 51.4 Å². The van der Waals surface area contributed by atoms with E-state index in [1.54, 1.807) is 0 Å². The number of nitriles is 2. The van der Waals surface area contributed by atoms with E-state index in [4.69, 9.17) is 5.26 Å². The number of hydrogen-bond acceptors (Lipinski definition) is 4. The molecule has 0 bridgehead atoms. The molecule has 0 fully saturated rings. The summed E-state index contributed by atoms with van der Waals surface area (Å²) < 4.78 is 51.9. The van der Waals surface area contributed by atoms with E-state index in [0.717, 1.165) is 17.0 Å². The molecule has 0 aromatic heterocycles. The van der Waals surface area contributed by atoms with Gasteiger partial charge in [0, 0.05) is 23.9 Å². The molecule has 1 aliphatic heterocycles. The molecule has 2 amide bonds. The lowest BCUT2D eigenvalue weighted by atomic mass is 9.93. The minimum Gasteiger partial charge on any atom is -0.315 e. The van der Waals surface area contributed by atoms with Crippen LogP contribution >= 0.6 is 0 Å². The Labute approximate surface area is 185 Å². The molecule has 1 heterocycles. The van der Waals surface area contributed by atoms with Crippen LogP contribution in [0.3, 0.4) is 0 Å². The van der Waals surface area contributed by atoms with Crippen molar-refractivity contribution in [1.29, 1.82) is 10.5 Å². The SMILES string of the molecule is CC1=C(C#N)C(c2ccc(C#N)cc2S(C)=O)N(C)C(=O)N1c1cccc(C(F)(F)F)c1. The van der Waals surface area contributed by atoms with Gasteiger partial charge in [-0.25, -0.2) is 4.79 Å². The van der Waals surface area contributed by atoms with E-state index in [0.29, 0.717) is 10.5 Å². The lowest BCUT2D eigenvalue weighted by Crippen LogP contribution is -2.47. The van der Waals surface area contributed by atoms with E-state index >= 15 is 0 Å². The number of likely N-dealkylation sites (N-methyl/N-ethyl adjacent to an activating group) is 1. The van der Waals surface area contributed by atoms with Gasteiger partial charge in [0.25, 0.3) is 0 Å². The Morgan fingerprint density at radius 1 is 1.09 bits per heavy atom. The van der Waals surface area contributed by atoms with Crippen LogP contribution in [0.4, 0.5) is 23.7 Å². The second-order valence-corrected chi connectivity index (χ2v) is 8.46. The van der Waals surface area contributed by atoms with E-state index in [9.17, 15) is 27.4 Å². The maximum absolute atomic E-state index is 13.2. The van der Waals surface area contributed by atoms with Crippen molar-refractivity contribution in [2.75, 3.05) is 18.2 Å². The van der Waals surface area contributed by atoms with Crippen LogP contribution in [0, 0.1) is 22.7 Å². The minimum atomic E-state index is -4.60. The van der Waals surface area contributed by atoms with Gasteiger partial charge in [0.1, 0.15) is 0 Å². The Hall–Kier alpha value is -3.63. The molecule has 0 aliphatic carbocycles. The number of benzene rings is 2. The average Bonchev–Trinajstić information content (AvgIpc) is 2.75. The molecule has 1 aliphatic rings. The molecule has 0 saturated heterocycles. The molecule has 2 aromatic rings. The van der Waals surface area contributed by atoms with Gasteiger partial charge in [-0.1, -0.05) is 12.1 Å². The zero-order valence-corrected chi connectivity index (χ0v) is 18.1. The molecule has 32 heavy (non-hydrogen) atoms. The van der Waals surface area contributed by atoms with Crippen molar-refractivity contribution in [3.05, 3.63) is 70.4 Å². The lowest BCUT2D eigenvalue weighted by Gasteiger charge is -2.40. The normalized spacial score (nSPS) is 17.8. The second kappa shape index (κ2) is 8.48. The molecule has 2 unspecified atom stereocenters. The number of allylic oxidation sites excluding steroid dienone is 1. The number of carbonyl (C=O) groups is 1. The number of halogens is 3. The predicted octanol–water partition coefficient (Wildman–Crippen LogP) is 4.73. The number of nitrogens with zero attached hydrogens (tertiary/aromatic N) is 4. The summed E-state index contributed by atoms with van der Waals surface area (Å²) in [5.74, 6) is 0. The Morgan fingerprint density at radius 3 is 2.34 bits per heavy atom. The fourth-order valence-corrected chi connectivity index (χ4v) is 4.44. The highest BCUT2D eigenvalue weighted by Gasteiger charge is 2.40. The molecule has 2 aromatic carbocycles. The summed E-state index contributed by atoms with van der Waals surface area (Å²) in [6.07, 6.45) is -3.18. The molecule has 0 N–H and O–H groups in total. The summed E-state index contributed by atoms with van der Waals surface area (Å²) in [5, 5.41) is 19.1. The third kappa shape index (κ3) is 3.97. The molecule has 10 heteroatoms. The molecular weight excluding hydrogens is 441 g/mol. The van der Waals surface area contributed by atoms with E-state index in [1.807, 2.05) is 6.07 Å². The van der Waals surface area contributed by atoms with Crippen LogP contribution in [0.2, 0.25) is 0 Å². The topological polar surface area (TPSA) is 88.2 Å². The first-order valence-electron chi connectivity index (χ1n) is 9.23. The minimum absolute atomic E-state index is 0.0282. The van der Waals surface area contributed by atoms with Gasteiger partial charge in [-0.15, -0.1) is 0 Å². The largest absolute Gasteiger partial charge is 0.416 e. The van der Waals surface area contributed by atoms with Crippen molar-refractivity contribution < 1.29 is 22.2 Å². The zero-order valence-electron chi connectivity index (χ0n) is 17.3.